The predicted molar refractivity (Wildman–Crippen MR) is 61.4 cm³/mol. The molecule has 0 unspecified atom stereocenters. The van der Waals surface area contributed by atoms with Gasteiger partial charge in [0.05, 0.1) is 0 Å². The maximum atomic E-state index is 4.21. The lowest BCUT2D eigenvalue weighted by molar-refractivity contribution is 1.44. The summed E-state index contributed by atoms with van der Waals surface area (Å²) < 4.78 is 0. The molecule has 0 aliphatic carbocycles. The summed E-state index contributed by atoms with van der Waals surface area (Å²) in [6.45, 7) is 2.10. The SMILES string of the molecule is Cc1cccc(C2=CN=CCC=C2)c1. The average molecular weight is 183 g/mol. The highest BCUT2D eigenvalue weighted by Crippen LogP contribution is 2.18. The van der Waals surface area contributed by atoms with Gasteiger partial charge in [-0.15, -0.1) is 0 Å². The molecule has 0 aromatic heterocycles. The van der Waals surface area contributed by atoms with Crippen LogP contribution in [0, 0.1) is 6.92 Å². The molecule has 14 heavy (non-hydrogen) atoms. The van der Waals surface area contributed by atoms with Crippen molar-refractivity contribution in [1.82, 2.24) is 0 Å². The van der Waals surface area contributed by atoms with Crippen LogP contribution in [0.25, 0.3) is 5.57 Å². The summed E-state index contributed by atoms with van der Waals surface area (Å²) in [5.41, 5.74) is 3.70. The van der Waals surface area contributed by atoms with Crippen LogP contribution in [0.5, 0.6) is 0 Å². The van der Waals surface area contributed by atoms with Gasteiger partial charge in [0.2, 0.25) is 0 Å². The molecule has 1 aliphatic rings. The Bertz CT molecular complexity index is 411. The smallest absolute Gasteiger partial charge is 0.0342 e. The molecule has 0 saturated heterocycles. The number of benzene rings is 1. The third-order valence-electron chi connectivity index (χ3n) is 2.21. The first kappa shape index (κ1) is 8.95. The van der Waals surface area contributed by atoms with Crippen molar-refractivity contribution in [3.8, 4) is 0 Å². The van der Waals surface area contributed by atoms with Crippen molar-refractivity contribution in [3.63, 3.8) is 0 Å². The minimum atomic E-state index is 0.922. The molecule has 0 spiro atoms. The number of rotatable bonds is 1. The van der Waals surface area contributed by atoms with Gasteiger partial charge in [0.15, 0.2) is 0 Å². The van der Waals surface area contributed by atoms with E-state index in [9.17, 15) is 0 Å². The van der Waals surface area contributed by atoms with Gasteiger partial charge in [0.1, 0.15) is 0 Å². The largest absolute Gasteiger partial charge is 0.268 e. The molecule has 70 valence electrons. The fraction of sp³-hybridized carbons (Fsp3) is 0.154. The Morgan fingerprint density at radius 2 is 2.21 bits per heavy atom. The number of aliphatic imine (C=N–C) groups is 1. The molecule has 0 radical (unpaired) electrons. The summed E-state index contributed by atoms with van der Waals surface area (Å²) in [6.07, 6.45) is 9.01. The van der Waals surface area contributed by atoms with Crippen LogP contribution in [0.1, 0.15) is 17.5 Å². The zero-order chi connectivity index (χ0) is 9.80. The number of nitrogens with zero attached hydrogens (tertiary/aromatic N) is 1. The van der Waals surface area contributed by atoms with Crippen molar-refractivity contribution in [1.29, 1.82) is 0 Å². The Morgan fingerprint density at radius 1 is 1.29 bits per heavy atom. The number of aryl methyl sites for hydroxylation is 1. The van der Waals surface area contributed by atoms with Crippen molar-refractivity contribution >= 4 is 11.8 Å². The Labute approximate surface area is 84.5 Å². The standard InChI is InChI=1S/C13H13N/c1-11-5-4-7-12(9-11)13-6-2-3-8-14-10-13/h2,4-10H,3H2,1H3. The summed E-state index contributed by atoms with van der Waals surface area (Å²) in [5, 5.41) is 0. The van der Waals surface area contributed by atoms with E-state index in [1.54, 1.807) is 0 Å². The van der Waals surface area contributed by atoms with E-state index in [1.165, 1.54) is 16.7 Å². The van der Waals surface area contributed by atoms with E-state index >= 15 is 0 Å². The highest BCUT2D eigenvalue weighted by atomic mass is 14.7. The van der Waals surface area contributed by atoms with Crippen LogP contribution in [0.3, 0.4) is 0 Å². The van der Waals surface area contributed by atoms with E-state index in [-0.39, 0.29) is 0 Å². The molecule has 1 aromatic rings. The Balaban J connectivity index is 2.39. The molecule has 2 rings (SSSR count). The monoisotopic (exact) mass is 183 g/mol. The number of hydrogen-bond donors (Lipinski definition) is 0. The lowest BCUT2D eigenvalue weighted by Gasteiger charge is -2.01. The summed E-state index contributed by atoms with van der Waals surface area (Å²) in [6, 6.07) is 8.47. The van der Waals surface area contributed by atoms with E-state index in [0.29, 0.717) is 0 Å². The molecule has 1 heteroatoms. The third-order valence-corrected chi connectivity index (χ3v) is 2.21. The van der Waals surface area contributed by atoms with Crippen molar-refractivity contribution in [2.45, 2.75) is 13.3 Å². The fourth-order valence-electron chi connectivity index (χ4n) is 1.49. The lowest BCUT2D eigenvalue weighted by Crippen LogP contribution is -1.81. The third kappa shape index (κ3) is 1.99. The highest BCUT2D eigenvalue weighted by molar-refractivity contribution is 5.77. The molecule has 1 heterocycles. The summed E-state index contributed by atoms with van der Waals surface area (Å²) in [4.78, 5) is 4.21. The second-order valence-electron chi connectivity index (χ2n) is 3.42. The minimum absolute atomic E-state index is 0.922. The van der Waals surface area contributed by atoms with E-state index in [1.807, 2.05) is 12.4 Å². The van der Waals surface area contributed by atoms with Crippen LogP contribution >= 0.6 is 0 Å². The molecule has 1 aliphatic heterocycles. The lowest BCUT2D eigenvalue weighted by atomic mass is 10.0. The first-order valence-corrected chi connectivity index (χ1v) is 4.81. The van der Waals surface area contributed by atoms with Crippen LogP contribution in [0.2, 0.25) is 0 Å². The molecule has 1 aromatic carbocycles. The van der Waals surface area contributed by atoms with Gasteiger partial charge in [-0.25, -0.2) is 0 Å². The number of hydrogen-bond acceptors (Lipinski definition) is 1. The van der Waals surface area contributed by atoms with Gasteiger partial charge in [0, 0.05) is 18.8 Å². The minimum Gasteiger partial charge on any atom is -0.268 e. The Morgan fingerprint density at radius 3 is 3.07 bits per heavy atom. The fourth-order valence-corrected chi connectivity index (χ4v) is 1.49. The Kier molecular flexibility index (Phi) is 2.59. The number of allylic oxidation sites excluding steroid dienone is 3. The van der Waals surface area contributed by atoms with Gasteiger partial charge in [-0.3, -0.25) is 4.99 Å². The van der Waals surface area contributed by atoms with E-state index < -0.39 is 0 Å². The van der Waals surface area contributed by atoms with E-state index in [4.69, 9.17) is 0 Å². The molecule has 0 saturated carbocycles. The molecule has 0 bridgehead atoms. The maximum Gasteiger partial charge on any atom is 0.0342 e. The van der Waals surface area contributed by atoms with Crippen molar-refractivity contribution in [2.24, 2.45) is 4.99 Å². The van der Waals surface area contributed by atoms with Crippen LogP contribution in [0.15, 0.2) is 47.6 Å². The molecule has 0 fully saturated rings. The zero-order valence-electron chi connectivity index (χ0n) is 8.27. The molecule has 0 N–H and O–H groups in total. The molecule has 1 nitrogen and oxygen atoms in total. The summed E-state index contributed by atoms with van der Waals surface area (Å²) in [5.74, 6) is 0. The van der Waals surface area contributed by atoms with Crippen LogP contribution in [-0.2, 0) is 0 Å². The second kappa shape index (κ2) is 4.05. The van der Waals surface area contributed by atoms with Gasteiger partial charge in [0.25, 0.3) is 0 Å². The molecule has 0 amide bonds. The molecule has 0 atom stereocenters. The zero-order valence-corrected chi connectivity index (χ0v) is 8.27. The van der Waals surface area contributed by atoms with Crippen molar-refractivity contribution in [2.75, 3.05) is 0 Å². The van der Waals surface area contributed by atoms with Crippen LogP contribution in [-0.4, -0.2) is 6.21 Å². The predicted octanol–water partition coefficient (Wildman–Crippen LogP) is 3.37. The van der Waals surface area contributed by atoms with Crippen molar-refractivity contribution < 1.29 is 0 Å². The van der Waals surface area contributed by atoms with Gasteiger partial charge in [-0.05, 0) is 18.1 Å². The van der Waals surface area contributed by atoms with Gasteiger partial charge in [-0.2, -0.15) is 0 Å². The van der Waals surface area contributed by atoms with Crippen LogP contribution in [0.4, 0.5) is 0 Å². The first-order chi connectivity index (χ1) is 6.86. The quantitative estimate of drug-likeness (QED) is 0.633. The average Bonchev–Trinajstić information content (AvgIpc) is 2.45. The highest BCUT2D eigenvalue weighted by Gasteiger charge is 1.98. The molecular weight excluding hydrogens is 170 g/mol. The van der Waals surface area contributed by atoms with Gasteiger partial charge < -0.3 is 0 Å². The van der Waals surface area contributed by atoms with Gasteiger partial charge in [-0.1, -0.05) is 42.0 Å². The van der Waals surface area contributed by atoms with Crippen molar-refractivity contribution in [3.05, 3.63) is 53.7 Å². The Hall–Kier alpha value is -1.63. The van der Waals surface area contributed by atoms with E-state index in [0.717, 1.165) is 6.42 Å². The van der Waals surface area contributed by atoms with Crippen LogP contribution < -0.4 is 0 Å². The summed E-state index contributed by atoms with van der Waals surface area (Å²) >= 11 is 0. The first-order valence-electron chi connectivity index (χ1n) is 4.81. The second-order valence-corrected chi connectivity index (χ2v) is 3.42. The normalized spacial score (nSPS) is 15.1. The molecular formula is C13H13N. The van der Waals surface area contributed by atoms with Gasteiger partial charge >= 0.3 is 0 Å². The topological polar surface area (TPSA) is 12.4 Å². The maximum absolute atomic E-state index is 4.21. The van der Waals surface area contributed by atoms with E-state index in [2.05, 4.69) is 48.3 Å². The summed E-state index contributed by atoms with van der Waals surface area (Å²) in [7, 11) is 0.